The van der Waals surface area contributed by atoms with Crippen LogP contribution in [0.5, 0.6) is 0 Å². The number of unbranched alkanes of at least 4 members (excludes halogenated alkanes) is 1. The zero-order valence-corrected chi connectivity index (χ0v) is 16.0. The minimum absolute atomic E-state index is 0.0576. The predicted molar refractivity (Wildman–Crippen MR) is 108 cm³/mol. The molecule has 4 nitrogen and oxygen atoms in total. The third-order valence-corrected chi connectivity index (χ3v) is 5.39. The van der Waals surface area contributed by atoms with Crippen molar-refractivity contribution in [2.75, 3.05) is 18.9 Å². The van der Waals surface area contributed by atoms with E-state index >= 15 is 0 Å². The average molecular weight is 360 g/mol. The molecule has 0 fully saturated rings. The summed E-state index contributed by atoms with van der Waals surface area (Å²) in [4.78, 5) is 13.2. The van der Waals surface area contributed by atoms with Crippen LogP contribution in [0.3, 0.4) is 0 Å². The van der Waals surface area contributed by atoms with Crippen molar-refractivity contribution in [1.82, 2.24) is 5.32 Å². The summed E-state index contributed by atoms with van der Waals surface area (Å²) >= 11 is 1.86. The van der Waals surface area contributed by atoms with Gasteiger partial charge in [-0.2, -0.15) is 0 Å². The molecule has 4 N–H and O–H groups in total. The molecule has 0 bridgehead atoms. The molecule has 0 unspecified atom stereocenters. The number of amides is 1. The van der Waals surface area contributed by atoms with Crippen LogP contribution in [0.1, 0.15) is 44.6 Å². The Morgan fingerprint density at radius 1 is 1.20 bits per heavy atom. The lowest BCUT2D eigenvalue weighted by Gasteiger charge is -2.18. The zero-order valence-electron chi connectivity index (χ0n) is 15.2. The number of carbonyl (C=O) groups excluding carboxylic acids is 1. The lowest BCUT2D eigenvalue weighted by Crippen LogP contribution is -2.12. The van der Waals surface area contributed by atoms with Crippen molar-refractivity contribution in [1.29, 1.82) is 0 Å². The minimum Gasteiger partial charge on any atom is -0.391 e. The summed E-state index contributed by atoms with van der Waals surface area (Å²) in [6.45, 7) is 2.83. The summed E-state index contributed by atoms with van der Waals surface area (Å²) in [6, 6.07) is 8.13. The summed E-state index contributed by atoms with van der Waals surface area (Å²) in [5.41, 5.74) is 10.3. The van der Waals surface area contributed by atoms with Gasteiger partial charge in [0.15, 0.2) is 0 Å². The van der Waals surface area contributed by atoms with Crippen LogP contribution < -0.4 is 16.4 Å². The summed E-state index contributed by atoms with van der Waals surface area (Å²) < 4.78 is 0. The Morgan fingerprint density at radius 2 is 1.96 bits per heavy atom. The molecule has 0 aliphatic heterocycles. The lowest BCUT2D eigenvalue weighted by atomic mass is 10.0. The maximum absolute atomic E-state index is 11.8. The maximum Gasteiger partial charge on any atom is 0.224 e. The smallest absolute Gasteiger partial charge is 0.224 e. The van der Waals surface area contributed by atoms with Crippen LogP contribution in [0, 0.1) is 0 Å². The summed E-state index contributed by atoms with van der Waals surface area (Å²) in [7, 11) is 2.00. The Labute approximate surface area is 155 Å². The molecule has 0 aromatic heterocycles. The van der Waals surface area contributed by atoms with Gasteiger partial charge >= 0.3 is 0 Å². The number of thioether (sulfide) groups is 1. The predicted octanol–water partition coefficient (Wildman–Crippen LogP) is 4.16. The minimum atomic E-state index is 0.0576. The van der Waals surface area contributed by atoms with Crippen LogP contribution in [0.4, 0.5) is 5.69 Å². The first-order chi connectivity index (χ1) is 12.1. The molecule has 0 heterocycles. The lowest BCUT2D eigenvalue weighted by molar-refractivity contribution is -0.116. The number of anilines is 1. The molecule has 5 heteroatoms. The Kier molecular flexibility index (Phi) is 8.09. The van der Waals surface area contributed by atoms with Crippen molar-refractivity contribution in [3.05, 3.63) is 52.1 Å². The molecule has 0 saturated carbocycles. The van der Waals surface area contributed by atoms with Gasteiger partial charge in [0.25, 0.3) is 0 Å². The van der Waals surface area contributed by atoms with E-state index in [2.05, 4.69) is 35.8 Å². The van der Waals surface area contributed by atoms with E-state index in [1.165, 1.54) is 21.7 Å². The largest absolute Gasteiger partial charge is 0.391 e. The molecular weight excluding hydrogens is 330 g/mol. The normalized spacial score (nSPS) is 14.3. The van der Waals surface area contributed by atoms with Crippen LogP contribution in [-0.2, 0) is 10.5 Å². The Hall–Kier alpha value is -1.72. The highest BCUT2D eigenvalue weighted by Gasteiger charge is 2.11. The van der Waals surface area contributed by atoms with E-state index in [-0.39, 0.29) is 5.91 Å². The zero-order chi connectivity index (χ0) is 18.1. The Balaban J connectivity index is 1.86. The first-order valence-corrected chi connectivity index (χ1v) is 9.90. The van der Waals surface area contributed by atoms with E-state index in [0.29, 0.717) is 13.0 Å². The van der Waals surface area contributed by atoms with E-state index in [9.17, 15) is 4.79 Å². The molecule has 25 heavy (non-hydrogen) atoms. The van der Waals surface area contributed by atoms with Crippen molar-refractivity contribution < 1.29 is 4.79 Å². The molecule has 1 aromatic rings. The number of nitrogens with two attached hydrogens (primary N) is 1. The quantitative estimate of drug-likeness (QED) is 0.579. The number of hydrogen-bond acceptors (Lipinski definition) is 4. The van der Waals surface area contributed by atoms with Crippen molar-refractivity contribution in [2.45, 2.75) is 44.8 Å². The topological polar surface area (TPSA) is 67.1 Å². The van der Waals surface area contributed by atoms with E-state index in [4.69, 9.17) is 5.73 Å². The van der Waals surface area contributed by atoms with Crippen LogP contribution in [0.15, 0.2) is 46.5 Å². The second-order valence-electron chi connectivity index (χ2n) is 6.36. The molecule has 1 aliphatic rings. The Bertz CT molecular complexity index is 635. The third-order valence-electron chi connectivity index (χ3n) is 4.24. The number of rotatable bonds is 9. The van der Waals surface area contributed by atoms with E-state index in [0.717, 1.165) is 37.1 Å². The van der Waals surface area contributed by atoms with Gasteiger partial charge in [-0.05, 0) is 62.9 Å². The molecule has 0 atom stereocenters. The molecule has 1 amide bonds. The maximum atomic E-state index is 11.8. The fraction of sp³-hybridized carbons (Fsp3) is 0.450. The number of hydrogen-bond donors (Lipinski definition) is 3. The van der Waals surface area contributed by atoms with Gasteiger partial charge in [-0.15, -0.1) is 11.8 Å². The molecule has 1 aliphatic carbocycles. The van der Waals surface area contributed by atoms with Gasteiger partial charge in [-0.1, -0.05) is 17.7 Å². The second kappa shape index (κ2) is 10.3. The number of benzene rings is 1. The molecule has 0 radical (unpaired) electrons. The number of carbonyl (C=O) groups is 1. The summed E-state index contributed by atoms with van der Waals surface area (Å²) in [5, 5.41) is 6.26. The van der Waals surface area contributed by atoms with Crippen molar-refractivity contribution >= 4 is 23.4 Å². The van der Waals surface area contributed by atoms with Gasteiger partial charge in [0, 0.05) is 35.5 Å². The van der Waals surface area contributed by atoms with Crippen molar-refractivity contribution in [3.63, 3.8) is 0 Å². The monoisotopic (exact) mass is 359 g/mol. The highest BCUT2D eigenvalue weighted by atomic mass is 32.2. The van der Waals surface area contributed by atoms with Crippen molar-refractivity contribution in [3.8, 4) is 0 Å². The molecule has 2 rings (SSSR count). The van der Waals surface area contributed by atoms with Gasteiger partial charge in [-0.3, -0.25) is 4.79 Å². The molecular formula is C20H29N3OS. The summed E-state index contributed by atoms with van der Waals surface area (Å²) in [5.74, 6) is 0.983. The van der Waals surface area contributed by atoms with Gasteiger partial charge in [0.1, 0.15) is 0 Å². The average Bonchev–Trinajstić information content (AvgIpc) is 2.61. The van der Waals surface area contributed by atoms with E-state index in [1.807, 2.05) is 30.9 Å². The summed E-state index contributed by atoms with van der Waals surface area (Å²) in [6.07, 6.45) is 6.78. The molecule has 0 saturated heterocycles. The first-order valence-electron chi connectivity index (χ1n) is 8.92. The van der Waals surface area contributed by atoms with Crippen LogP contribution in [-0.4, -0.2) is 19.5 Å². The highest BCUT2D eigenvalue weighted by molar-refractivity contribution is 8.02. The number of allylic oxidation sites excluding steroid dienone is 3. The standard InChI is InChI=1S/C20H29N3OS/c1-15-6-11-18(22-2)19(13-15)25-14-16-7-9-17(10-8-16)23-20(24)5-3-4-12-21/h7-10,13,22H,3-6,11-12,14,21H2,1-2H3,(H,23,24). The van der Waals surface area contributed by atoms with Crippen LogP contribution in [0.2, 0.25) is 0 Å². The van der Waals surface area contributed by atoms with E-state index in [1.54, 1.807) is 0 Å². The molecule has 1 aromatic carbocycles. The highest BCUT2D eigenvalue weighted by Crippen LogP contribution is 2.32. The SMILES string of the molecule is CNC1=C(SCc2ccc(NC(=O)CCCCN)cc2)C=C(C)CC1. The number of nitrogens with one attached hydrogen (secondary N) is 2. The molecule has 0 spiro atoms. The van der Waals surface area contributed by atoms with Gasteiger partial charge in [0.05, 0.1) is 0 Å². The fourth-order valence-electron chi connectivity index (χ4n) is 2.70. The van der Waals surface area contributed by atoms with Crippen molar-refractivity contribution in [2.24, 2.45) is 5.73 Å². The van der Waals surface area contributed by atoms with E-state index < -0.39 is 0 Å². The molecule has 136 valence electrons. The third kappa shape index (κ3) is 6.59. The van der Waals surface area contributed by atoms with Gasteiger partial charge < -0.3 is 16.4 Å². The van der Waals surface area contributed by atoms with Crippen LogP contribution in [0.25, 0.3) is 0 Å². The Morgan fingerprint density at radius 3 is 2.64 bits per heavy atom. The first kappa shape index (κ1) is 19.6. The second-order valence-corrected chi connectivity index (χ2v) is 7.38. The van der Waals surface area contributed by atoms with Gasteiger partial charge in [-0.25, -0.2) is 0 Å². The van der Waals surface area contributed by atoms with Gasteiger partial charge in [0.2, 0.25) is 5.91 Å². The van der Waals surface area contributed by atoms with Crippen LogP contribution >= 0.6 is 11.8 Å². The fourth-order valence-corrected chi connectivity index (χ4v) is 3.88.